The van der Waals surface area contributed by atoms with Gasteiger partial charge in [-0.05, 0) is 59.3 Å². The zero-order valence-electron chi connectivity index (χ0n) is 20.0. The molecular weight excluding hydrogens is 452 g/mol. The fraction of sp³-hybridized carbons (Fsp3) is 0.138. The number of nitrogens with two attached hydrogens (primary N) is 1. The van der Waals surface area contributed by atoms with Gasteiger partial charge in [-0.25, -0.2) is 0 Å². The van der Waals surface area contributed by atoms with Crippen LogP contribution in [0.15, 0.2) is 84.9 Å². The van der Waals surface area contributed by atoms with Crippen LogP contribution >= 0.6 is 0 Å². The predicted octanol–water partition coefficient (Wildman–Crippen LogP) is 4.75. The monoisotopic (exact) mass is 480 g/mol. The lowest BCUT2D eigenvalue weighted by molar-refractivity contribution is -0.106. The van der Waals surface area contributed by atoms with E-state index >= 15 is 0 Å². The van der Waals surface area contributed by atoms with Crippen molar-refractivity contribution in [3.05, 3.63) is 96.1 Å². The Bertz CT molecular complexity index is 1330. The number of primary amides is 1. The maximum Gasteiger partial charge on any atom is 0.261 e. The van der Waals surface area contributed by atoms with Crippen molar-refractivity contribution in [3.63, 3.8) is 0 Å². The van der Waals surface area contributed by atoms with E-state index in [0.29, 0.717) is 30.6 Å². The second kappa shape index (κ2) is 11.2. The number of amides is 3. The van der Waals surface area contributed by atoms with Crippen LogP contribution in [0.4, 0.5) is 11.4 Å². The van der Waals surface area contributed by atoms with E-state index in [-0.39, 0.29) is 18.2 Å². The SMILES string of the molecule is CNc1ccc(-c2ccc(NCCCN3C(=O)c4cccc5cccc(c45)C3=O)cc2)cc1.NC=O. The molecule has 0 radical (unpaired) electrons. The average Bonchev–Trinajstić information content (AvgIpc) is 2.92. The molecule has 7 heteroatoms. The molecule has 4 aromatic rings. The first-order valence-corrected chi connectivity index (χ1v) is 11.7. The summed E-state index contributed by atoms with van der Waals surface area (Å²) in [5.41, 5.74) is 9.79. The average molecular weight is 481 g/mol. The van der Waals surface area contributed by atoms with Crippen LogP contribution in [-0.2, 0) is 4.79 Å². The number of nitrogens with one attached hydrogen (secondary N) is 2. The summed E-state index contributed by atoms with van der Waals surface area (Å²) in [7, 11) is 1.91. The Morgan fingerprint density at radius 3 is 1.78 bits per heavy atom. The third-order valence-corrected chi connectivity index (χ3v) is 6.14. The van der Waals surface area contributed by atoms with Gasteiger partial charge >= 0.3 is 0 Å². The Hall–Kier alpha value is -4.65. The molecule has 0 aromatic heterocycles. The van der Waals surface area contributed by atoms with Crippen molar-refractivity contribution in [1.29, 1.82) is 0 Å². The molecule has 36 heavy (non-hydrogen) atoms. The minimum Gasteiger partial charge on any atom is -0.388 e. The van der Waals surface area contributed by atoms with Crippen LogP contribution in [0.3, 0.4) is 0 Å². The van der Waals surface area contributed by atoms with Crippen LogP contribution in [0.2, 0.25) is 0 Å². The normalized spacial score (nSPS) is 12.1. The second-order valence-corrected chi connectivity index (χ2v) is 8.29. The molecule has 0 unspecified atom stereocenters. The van der Waals surface area contributed by atoms with E-state index in [0.717, 1.165) is 33.3 Å². The van der Waals surface area contributed by atoms with E-state index in [9.17, 15) is 9.59 Å². The zero-order valence-corrected chi connectivity index (χ0v) is 20.0. The molecule has 0 bridgehead atoms. The highest BCUT2D eigenvalue weighted by Gasteiger charge is 2.31. The molecule has 0 fully saturated rings. The van der Waals surface area contributed by atoms with Gasteiger partial charge in [0, 0.05) is 48.0 Å². The summed E-state index contributed by atoms with van der Waals surface area (Å²) in [6.45, 7) is 1.05. The first-order valence-electron chi connectivity index (χ1n) is 11.7. The molecular formula is C29H28N4O3. The maximum atomic E-state index is 13.0. The van der Waals surface area contributed by atoms with Crippen LogP contribution in [0.25, 0.3) is 21.9 Å². The molecule has 5 rings (SSSR count). The number of rotatable bonds is 7. The summed E-state index contributed by atoms with van der Waals surface area (Å²) in [4.78, 5) is 35.9. The van der Waals surface area contributed by atoms with Gasteiger partial charge in [0.05, 0.1) is 0 Å². The Kier molecular flexibility index (Phi) is 7.60. The van der Waals surface area contributed by atoms with Gasteiger partial charge in [-0.3, -0.25) is 19.3 Å². The number of anilines is 2. The molecule has 1 heterocycles. The van der Waals surface area contributed by atoms with Gasteiger partial charge in [0.1, 0.15) is 0 Å². The highest BCUT2D eigenvalue weighted by molar-refractivity contribution is 6.25. The number of hydrogen-bond donors (Lipinski definition) is 3. The number of benzene rings is 4. The molecule has 0 saturated carbocycles. The Balaban J connectivity index is 0.000000967. The molecule has 0 aliphatic carbocycles. The van der Waals surface area contributed by atoms with Crippen LogP contribution < -0.4 is 16.4 Å². The van der Waals surface area contributed by atoms with E-state index in [4.69, 9.17) is 4.79 Å². The molecule has 0 atom stereocenters. The smallest absolute Gasteiger partial charge is 0.261 e. The second-order valence-electron chi connectivity index (χ2n) is 8.29. The number of nitrogens with zero attached hydrogens (tertiary/aromatic N) is 1. The molecule has 4 aromatic carbocycles. The minimum absolute atomic E-state index is 0.210. The van der Waals surface area contributed by atoms with Crippen molar-refractivity contribution >= 4 is 40.4 Å². The lowest BCUT2D eigenvalue weighted by Crippen LogP contribution is -2.41. The quantitative estimate of drug-likeness (QED) is 0.201. The highest BCUT2D eigenvalue weighted by Crippen LogP contribution is 2.30. The van der Waals surface area contributed by atoms with Gasteiger partial charge in [0.25, 0.3) is 11.8 Å². The Morgan fingerprint density at radius 2 is 1.28 bits per heavy atom. The standard InChI is InChI=1S/C28H25N3O2.CH3NO/c1-29-22-13-9-19(10-14-22)20-11-15-23(16-12-20)30-17-4-18-31-27(32)24-7-2-5-21-6-3-8-25(26(21)24)28(31)33;2-1-3/h2-3,5-16,29-30H,4,17-18H2,1H3;1H,(H2,2,3). The van der Waals surface area contributed by atoms with Crippen LogP contribution in [0.1, 0.15) is 27.1 Å². The van der Waals surface area contributed by atoms with Crippen LogP contribution in [-0.4, -0.2) is 43.3 Å². The molecule has 3 amide bonds. The number of carbonyl (C=O) groups excluding carboxylic acids is 3. The first kappa shape index (κ1) is 24.5. The number of carbonyl (C=O) groups is 3. The molecule has 182 valence electrons. The predicted molar refractivity (Wildman–Crippen MR) is 144 cm³/mol. The Morgan fingerprint density at radius 1 is 0.778 bits per heavy atom. The van der Waals surface area contributed by atoms with E-state index in [1.165, 1.54) is 4.90 Å². The third-order valence-electron chi connectivity index (χ3n) is 6.14. The fourth-order valence-electron chi connectivity index (χ4n) is 4.36. The number of imide groups is 1. The lowest BCUT2D eigenvalue weighted by atomic mass is 9.94. The fourth-order valence-corrected chi connectivity index (χ4v) is 4.36. The molecule has 0 saturated heterocycles. The summed E-state index contributed by atoms with van der Waals surface area (Å²) in [6, 6.07) is 27.8. The van der Waals surface area contributed by atoms with Gasteiger partial charge in [-0.2, -0.15) is 0 Å². The molecule has 0 spiro atoms. The largest absolute Gasteiger partial charge is 0.388 e. The topological polar surface area (TPSA) is 105 Å². The van der Waals surface area contributed by atoms with E-state index in [2.05, 4.69) is 64.9 Å². The van der Waals surface area contributed by atoms with Crippen molar-refractivity contribution in [2.24, 2.45) is 5.73 Å². The minimum atomic E-state index is -0.210. The van der Waals surface area contributed by atoms with E-state index in [1.807, 2.05) is 31.3 Å². The van der Waals surface area contributed by atoms with Gasteiger partial charge in [0.15, 0.2) is 0 Å². The third kappa shape index (κ3) is 5.05. The van der Waals surface area contributed by atoms with E-state index in [1.54, 1.807) is 12.1 Å². The van der Waals surface area contributed by atoms with Crippen molar-refractivity contribution in [3.8, 4) is 11.1 Å². The molecule has 4 N–H and O–H groups in total. The number of hydrogen-bond acceptors (Lipinski definition) is 5. The van der Waals surface area contributed by atoms with Crippen molar-refractivity contribution in [2.45, 2.75) is 6.42 Å². The van der Waals surface area contributed by atoms with Crippen molar-refractivity contribution in [1.82, 2.24) is 4.90 Å². The van der Waals surface area contributed by atoms with Crippen molar-refractivity contribution in [2.75, 3.05) is 30.8 Å². The first-order chi connectivity index (χ1) is 17.6. The molecule has 1 aliphatic heterocycles. The summed E-state index contributed by atoms with van der Waals surface area (Å²) in [6.07, 6.45) is 0.919. The molecule has 7 nitrogen and oxygen atoms in total. The van der Waals surface area contributed by atoms with Gasteiger partial charge in [-0.1, -0.05) is 48.5 Å². The maximum absolute atomic E-state index is 13.0. The van der Waals surface area contributed by atoms with Gasteiger partial charge in [-0.15, -0.1) is 0 Å². The lowest BCUT2D eigenvalue weighted by Gasteiger charge is -2.27. The van der Waals surface area contributed by atoms with Crippen LogP contribution in [0.5, 0.6) is 0 Å². The van der Waals surface area contributed by atoms with Crippen molar-refractivity contribution < 1.29 is 14.4 Å². The zero-order chi connectivity index (χ0) is 25.5. The summed E-state index contributed by atoms with van der Waals surface area (Å²) >= 11 is 0. The summed E-state index contributed by atoms with van der Waals surface area (Å²) in [5, 5.41) is 8.21. The van der Waals surface area contributed by atoms with Gasteiger partial charge < -0.3 is 16.4 Å². The Labute approximate surface area is 209 Å². The van der Waals surface area contributed by atoms with Crippen LogP contribution in [0, 0.1) is 0 Å². The van der Waals surface area contributed by atoms with E-state index < -0.39 is 0 Å². The highest BCUT2D eigenvalue weighted by atomic mass is 16.2. The molecule has 1 aliphatic rings. The summed E-state index contributed by atoms with van der Waals surface area (Å²) < 4.78 is 0. The summed E-state index contributed by atoms with van der Waals surface area (Å²) in [5.74, 6) is -0.420. The van der Waals surface area contributed by atoms with Gasteiger partial charge in [0.2, 0.25) is 6.41 Å².